The van der Waals surface area contributed by atoms with E-state index in [0.717, 1.165) is 19.3 Å². The summed E-state index contributed by atoms with van der Waals surface area (Å²) in [6, 6.07) is 13.7. The summed E-state index contributed by atoms with van der Waals surface area (Å²) >= 11 is 6.69. The highest BCUT2D eigenvalue weighted by molar-refractivity contribution is 6.35. The third-order valence-electron chi connectivity index (χ3n) is 7.57. The number of halogens is 1. The molecule has 1 aliphatic heterocycles. The van der Waals surface area contributed by atoms with Gasteiger partial charge in [-0.3, -0.25) is 9.69 Å². The lowest BCUT2D eigenvalue weighted by molar-refractivity contribution is -0.129. The van der Waals surface area contributed by atoms with E-state index in [-0.39, 0.29) is 22.4 Å². The molecular weight excluding hydrogens is 370 g/mol. The van der Waals surface area contributed by atoms with Crippen LogP contribution in [0.4, 0.5) is 5.69 Å². The van der Waals surface area contributed by atoms with Gasteiger partial charge in [-0.1, -0.05) is 29.8 Å². The zero-order chi connectivity index (χ0) is 19.5. The molecule has 4 fully saturated rings. The van der Waals surface area contributed by atoms with E-state index in [1.165, 1.54) is 24.2 Å². The molecule has 0 unspecified atom stereocenters. The highest BCUT2D eigenvalue weighted by Gasteiger charge is 2.60. The summed E-state index contributed by atoms with van der Waals surface area (Å²) in [7, 11) is 0. The summed E-state index contributed by atoms with van der Waals surface area (Å²) < 4.78 is 0. The Labute approximate surface area is 170 Å². The van der Waals surface area contributed by atoms with Crippen molar-refractivity contribution in [3.05, 3.63) is 41.1 Å². The number of nitrogens with zero attached hydrogens (tertiary/aromatic N) is 3. The monoisotopic (exact) mass is 391 g/mol. The smallest absolute Gasteiger partial charge is 0.250 e. The van der Waals surface area contributed by atoms with Crippen LogP contribution < -0.4 is 4.90 Å². The molecule has 6 rings (SSSR count). The highest BCUT2D eigenvalue weighted by Crippen LogP contribution is 2.65. The fourth-order valence-corrected chi connectivity index (χ4v) is 7.42. The van der Waals surface area contributed by atoms with Crippen molar-refractivity contribution in [2.45, 2.75) is 38.5 Å². The molecular formula is C23H22ClN3O. The zero-order valence-electron chi connectivity index (χ0n) is 15.6. The Morgan fingerprint density at radius 2 is 1.57 bits per heavy atom. The molecule has 0 aromatic heterocycles. The topological polar surface area (TPSA) is 67.9 Å². The van der Waals surface area contributed by atoms with Crippen LogP contribution in [0.5, 0.6) is 0 Å². The number of carbonyl (C=O) groups is 1. The van der Waals surface area contributed by atoms with Crippen molar-refractivity contribution in [2.75, 3.05) is 4.90 Å². The number of hydrogen-bond donors (Lipinski definition) is 0. The molecule has 5 aliphatic rings. The van der Waals surface area contributed by atoms with E-state index in [4.69, 9.17) is 11.6 Å². The quantitative estimate of drug-likeness (QED) is 0.667. The van der Waals surface area contributed by atoms with Crippen LogP contribution in [0.3, 0.4) is 0 Å². The van der Waals surface area contributed by atoms with Gasteiger partial charge in [-0.05, 0) is 73.8 Å². The Bertz CT molecular complexity index is 904. The number of allylic oxidation sites excluding steroid dienone is 1. The average Bonchev–Trinajstić information content (AvgIpc) is 2.67. The van der Waals surface area contributed by atoms with Crippen LogP contribution in [0.25, 0.3) is 0 Å². The Morgan fingerprint density at radius 3 is 2.07 bits per heavy atom. The summed E-state index contributed by atoms with van der Waals surface area (Å²) in [4.78, 5) is 14.8. The highest BCUT2D eigenvalue weighted by atomic mass is 35.5. The summed E-state index contributed by atoms with van der Waals surface area (Å²) in [5, 5.41) is 20.3. The Balaban J connectivity index is 1.64. The van der Waals surface area contributed by atoms with E-state index in [2.05, 4.69) is 12.1 Å². The van der Waals surface area contributed by atoms with Gasteiger partial charge in [0.25, 0.3) is 0 Å². The van der Waals surface area contributed by atoms with E-state index in [0.29, 0.717) is 29.0 Å². The molecule has 5 heteroatoms. The molecule has 0 radical (unpaired) electrons. The predicted molar refractivity (Wildman–Crippen MR) is 106 cm³/mol. The first-order chi connectivity index (χ1) is 13.6. The van der Waals surface area contributed by atoms with Crippen molar-refractivity contribution >= 4 is 23.2 Å². The van der Waals surface area contributed by atoms with Crippen molar-refractivity contribution in [2.24, 2.45) is 35.0 Å². The first-order valence-corrected chi connectivity index (χ1v) is 10.5. The van der Waals surface area contributed by atoms with Crippen molar-refractivity contribution in [1.82, 2.24) is 0 Å². The Kier molecular flexibility index (Phi) is 4.04. The minimum atomic E-state index is -0.853. The standard InChI is InChI=1S/C23H22ClN3O/c24-21-18(12-25)20(23-9-14-6-15(10-23)8-16(7-14)11-23)19(13-26)22(28)27(21)17-4-2-1-3-5-17/h1-5,14-16,19-20H,6-11H2/t14?,15?,16?,19-,20-,23?/m1/s1. The maximum Gasteiger partial charge on any atom is 0.250 e. The first kappa shape index (κ1) is 17.8. The number of amides is 1. The molecule has 4 aliphatic carbocycles. The lowest BCUT2D eigenvalue weighted by atomic mass is 9.44. The van der Waals surface area contributed by atoms with E-state index in [1.54, 1.807) is 12.1 Å². The summed E-state index contributed by atoms with van der Waals surface area (Å²) in [6.45, 7) is 0. The summed E-state index contributed by atoms with van der Waals surface area (Å²) in [5.74, 6) is 0.493. The lowest BCUT2D eigenvalue weighted by Crippen LogP contribution is -2.55. The van der Waals surface area contributed by atoms with Crippen LogP contribution in [0.2, 0.25) is 0 Å². The fourth-order valence-electron chi connectivity index (χ4n) is 7.08. The molecule has 4 nitrogen and oxygen atoms in total. The number of hydrogen-bond acceptors (Lipinski definition) is 3. The Morgan fingerprint density at radius 1 is 1.00 bits per heavy atom. The van der Waals surface area contributed by atoms with Gasteiger partial charge in [0, 0.05) is 11.6 Å². The van der Waals surface area contributed by atoms with Gasteiger partial charge in [-0.25, -0.2) is 0 Å². The number of carbonyl (C=O) groups excluding carboxylic acids is 1. The fraction of sp³-hybridized carbons (Fsp3) is 0.522. The molecule has 0 saturated heterocycles. The summed E-state index contributed by atoms with van der Waals surface area (Å²) in [6.07, 6.45) is 6.88. The third-order valence-corrected chi connectivity index (χ3v) is 7.94. The van der Waals surface area contributed by atoms with Crippen LogP contribution in [-0.2, 0) is 4.79 Å². The molecule has 1 aromatic carbocycles. The van der Waals surface area contributed by atoms with Crippen molar-refractivity contribution < 1.29 is 4.79 Å². The van der Waals surface area contributed by atoms with Crippen LogP contribution >= 0.6 is 11.6 Å². The largest absolute Gasteiger partial charge is 0.273 e. The number of anilines is 1. The molecule has 0 spiro atoms. The molecule has 1 amide bonds. The number of para-hydroxylation sites is 1. The molecule has 4 bridgehead atoms. The zero-order valence-corrected chi connectivity index (χ0v) is 16.4. The van der Waals surface area contributed by atoms with Gasteiger partial charge in [0.05, 0.1) is 17.7 Å². The second-order valence-electron chi connectivity index (χ2n) is 9.19. The van der Waals surface area contributed by atoms with Crippen molar-refractivity contribution in [3.8, 4) is 12.1 Å². The Hall–Kier alpha value is -2.30. The van der Waals surface area contributed by atoms with Crippen molar-refractivity contribution in [3.63, 3.8) is 0 Å². The van der Waals surface area contributed by atoms with Gasteiger partial charge in [-0.2, -0.15) is 10.5 Å². The predicted octanol–water partition coefficient (Wildman–Crippen LogP) is 4.98. The van der Waals surface area contributed by atoms with Gasteiger partial charge < -0.3 is 0 Å². The van der Waals surface area contributed by atoms with E-state index >= 15 is 0 Å². The van der Waals surface area contributed by atoms with Gasteiger partial charge in [-0.15, -0.1) is 0 Å². The second-order valence-corrected chi connectivity index (χ2v) is 9.55. The normalized spacial score (nSPS) is 39.0. The molecule has 142 valence electrons. The van der Waals surface area contributed by atoms with E-state index < -0.39 is 5.92 Å². The van der Waals surface area contributed by atoms with Crippen LogP contribution in [0.15, 0.2) is 41.1 Å². The first-order valence-electron chi connectivity index (χ1n) is 10.1. The van der Waals surface area contributed by atoms with Gasteiger partial charge in [0.15, 0.2) is 0 Å². The maximum absolute atomic E-state index is 13.4. The van der Waals surface area contributed by atoms with Gasteiger partial charge in [0.1, 0.15) is 11.1 Å². The maximum atomic E-state index is 13.4. The SMILES string of the molecule is N#CC1=C(Cl)N(c2ccccc2)C(=O)[C@H](C#N)[C@@H]1C12CC3CC(CC(C3)C1)C2. The third kappa shape index (κ3) is 2.44. The van der Waals surface area contributed by atoms with E-state index in [1.807, 2.05) is 18.2 Å². The number of benzene rings is 1. The molecule has 4 saturated carbocycles. The minimum Gasteiger partial charge on any atom is -0.273 e. The van der Waals surface area contributed by atoms with E-state index in [9.17, 15) is 15.3 Å². The molecule has 2 atom stereocenters. The molecule has 28 heavy (non-hydrogen) atoms. The summed E-state index contributed by atoms with van der Waals surface area (Å²) in [5.41, 5.74) is 0.909. The minimum absolute atomic E-state index is 0.126. The molecule has 1 aromatic rings. The second kappa shape index (κ2) is 6.36. The van der Waals surface area contributed by atoms with Crippen LogP contribution in [0, 0.1) is 57.7 Å². The van der Waals surface area contributed by atoms with Crippen molar-refractivity contribution in [1.29, 1.82) is 10.5 Å². The lowest BCUT2D eigenvalue weighted by Gasteiger charge is -2.60. The average molecular weight is 392 g/mol. The number of nitriles is 2. The van der Waals surface area contributed by atoms with Crippen LogP contribution in [0.1, 0.15) is 38.5 Å². The molecule has 1 heterocycles. The van der Waals surface area contributed by atoms with Gasteiger partial charge >= 0.3 is 0 Å². The number of rotatable bonds is 2. The molecule has 0 N–H and O–H groups in total. The van der Waals surface area contributed by atoms with Gasteiger partial charge in [0.2, 0.25) is 5.91 Å². The van der Waals surface area contributed by atoms with Crippen LogP contribution in [-0.4, -0.2) is 5.91 Å².